The van der Waals surface area contributed by atoms with Crippen LogP contribution in [-0.4, -0.2) is 5.78 Å². The number of carbonyl (C=O) groups excluding carboxylic acids is 1. The first-order valence-corrected chi connectivity index (χ1v) is 14.5. The molecule has 0 bridgehead atoms. The SMILES string of the molecule is CCCC(=O)CC1CCC2(C)C(=CCC3C2CCC2(C)C(CCCCC(C)C)CCC32)C1. The van der Waals surface area contributed by atoms with E-state index < -0.39 is 0 Å². The predicted molar refractivity (Wildman–Crippen MR) is 137 cm³/mol. The maximum absolute atomic E-state index is 12.3. The lowest BCUT2D eigenvalue weighted by molar-refractivity contribution is -0.120. The van der Waals surface area contributed by atoms with Crippen molar-refractivity contribution in [1.29, 1.82) is 0 Å². The monoisotopic (exact) mass is 440 g/mol. The van der Waals surface area contributed by atoms with Crippen LogP contribution >= 0.6 is 0 Å². The van der Waals surface area contributed by atoms with Crippen molar-refractivity contribution in [1.82, 2.24) is 0 Å². The molecule has 0 amide bonds. The van der Waals surface area contributed by atoms with Gasteiger partial charge in [-0.1, -0.05) is 65.5 Å². The van der Waals surface area contributed by atoms with E-state index in [1.165, 1.54) is 77.0 Å². The van der Waals surface area contributed by atoms with E-state index in [-0.39, 0.29) is 0 Å². The summed E-state index contributed by atoms with van der Waals surface area (Å²) in [5.74, 6) is 5.79. The minimum Gasteiger partial charge on any atom is -0.300 e. The molecule has 0 saturated heterocycles. The summed E-state index contributed by atoms with van der Waals surface area (Å²) < 4.78 is 0. The molecule has 0 heterocycles. The number of hydrogen-bond donors (Lipinski definition) is 0. The summed E-state index contributed by atoms with van der Waals surface area (Å²) in [6, 6.07) is 0. The third-order valence-electron chi connectivity index (χ3n) is 11.0. The largest absolute Gasteiger partial charge is 0.300 e. The molecular formula is C31H52O. The molecule has 0 spiro atoms. The summed E-state index contributed by atoms with van der Waals surface area (Å²) in [6.45, 7) is 12.2. The fraction of sp³-hybridized carbons (Fsp3) is 0.903. The molecule has 3 fully saturated rings. The maximum atomic E-state index is 12.3. The summed E-state index contributed by atoms with van der Waals surface area (Å²) in [6.07, 6.45) is 22.3. The molecular weight excluding hydrogens is 388 g/mol. The molecule has 1 heteroatoms. The number of hydrogen-bond acceptors (Lipinski definition) is 1. The van der Waals surface area contributed by atoms with Gasteiger partial charge in [0, 0.05) is 12.8 Å². The summed E-state index contributed by atoms with van der Waals surface area (Å²) in [5.41, 5.74) is 2.81. The van der Waals surface area contributed by atoms with Crippen LogP contribution in [0.25, 0.3) is 0 Å². The summed E-state index contributed by atoms with van der Waals surface area (Å²) in [5, 5.41) is 0. The molecule has 4 aliphatic rings. The Hall–Kier alpha value is -0.590. The molecule has 32 heavy (non-hydrogen) atoms. The molecule has 4 rings (SSSR count). The van der Waals surface area contributed by atoms with Crippen LogP contribution in [0.1, 0.15) is 131 Å². The highest BCUT2D eigenvalue weighted by Crippen LogP contribution is 2.67. The van der Waals surface area contributed by atoms with Gasteiger partial charge >= 0.3 is 0 Å². The van der Waals surface area contributed by atoms with Gasteiger partial charge in [0.2, 0.25) is 0 Å². The van der Waals surface area contributed by atoms with Gasteiger partial charge in [-0.15, -0.1) is 0 Å². The van der Waals surface area contributed by atoms with Crippen molar-refractivity contribution in [2.75, 3.05) is 0 Å². The standard InChI is InChI=1S/C31H52O/c1-6-9-26(32)21-23-16-18-31(5)25(20-23)12-14-27-28-15-13-24(11-8-7-10-22(2)3)30(28,4)19-17-29(27)31/h12,22-24,27-29H,6-11,13-21H2,1-5H3. The van der Waals surface area contributed by atoms with E-state index in [2.05, 4.69) is 40.7 Å². The van der Waals surface area contributed by atoms with Crippen LogP contribution in [0.5, 0.6) is 0 Å². The Balaban J connectivity index is 1.41. The Morgan fingerprint density at radius 2 is 1.88 bits per heavy atom. The minimum atomic E-state index is 0.434. The van der Waals surface area contributed by atoms with Crippen molar-refractivity contribution >= 4 is 5.78 Å². The minimum absolute atomic E-state index is 0.434. The van der Waals surface area contributed by atoms with Crippen molar-refractivity contribution in [2.24, 2.45) is 46.3 Å². The molecule has 182 valence electrons. The zero-order valence-corrected chi connectivity index (χ0v) is 22.1. The molecule has 0 aliphatic heterocycles. The summed E-state index contributed by atoms with van der Waals surface area (Å²) in [4.78, 5) is 12.3. The van der Waals surface area contributed by atoms with E-state index in [9.17, 15) is 4.79 Å². The van der Waals surface area contributed by atoms with Crippen LogP contribution in [0, 0.1) is 46.3 Å². The summed E-state index contributed by atoms with van der Waals surface area (Å²) >= 11 is 0. The van der Waals surface area contributed by atoms with Crippen molar-refractivity contribution in [3.8, 4) is 0 Å². The second kappa shape index (κ2) is 9.95. The maximum Gasteiger partial charge on any atom is 0.133 e. The number of unbranched alkanes of at least 4 members (excludes halogenated alkanes) is 1. The number of Topliss-reactive ketones (excluding diaryl/α,β-unsaturated/α-hetero) is 1. The fourth-order valence-corrected chi connectivity index (χ4v) is 9.14. The number of carbonyl (C=O) groups is 1. The Morgan fingerprint density at radius 3 is 2.62 bits per heavy atom. The number of fused-ring (bicyclic) bond motifs is 5. The average molecular weight is 441 g/mol. The molecule has 0 radical (unpaired) electrons. The molecule has 4 aliphatic carbocycles. The van der Waals surface area contributed by atoms with Crippen molar-refractivity contribution in [3.63, 3.8) is 0 Å². The van der Waals surface area contributed by atoms with Crippen LogP contribution in [0.3, 0.4) is 0 Å². The van der Waals surface area contributed by atoms with Gasteiger partial charge in [-0.05, 0) is 111 Å². The van der Waals surface area contributed by atoms with E-state index >= 15 is 0 Å². The van der Waals surface area contributed by atoms with Gasteiger partial charge in [0.05, 0.1) is 0 Å². The van der Waals surface area contributed by atoms with Crippen molar-refractivity contribution < 1.29 is 4.79 Å². The van der Waals surface area contributed by atoms with Gasteiger partial charge < -0.3 is 0 Å². The van der Waals surface area contributed by atoms with Gasteiger partial charge in [0.1, 0.15) is 5.78 Å². The lowest BCUT2D eigenvalue weighted by Gasteiger charge is -2.58. The van der Waals surface area contributed by atoms with Crippen LogP contribution in [-0.2, 0) is 4.79 Å². The van der Waals surface area contributed by atoms with E-state index in [1.807, 2.05) is 0 Å². The van der Waals surface area contributed by atoms with Gasteiger partial charge in [-0.3, -0.25) is 4.79 Å². The Morgan fingerprint density at radius 1 is 1.06 bits per heavy atom. The fourth-order valence-electron chi connectivity index (χ4n) is 9.14. The zero-order chi connectivity index (χ0) is 22.9. The average Bonchev–Trinajstić information content (AvgIpc) is 3.08. The topological polar surface area (TPSA) is 17.1 Å². The normalized spacial score (nSPS) is 41.1. The zero-order valence-electron chi connectivity index (χ0n) is 22.1. The quantitative estimate of drug-likeness (QED) is 0.258. The highest BCUT2D eigenvalue weighted by atomic mass is 16.1. The molecule has 0 aromatic carbocycles. The Kier molecular flexibility index (Phi) is 7.63. The number of ketones is 1. The lowest BCUT2D eigenvalue weighted by atomic mass is 9.46. The first kappa shape index (κ1) is 24.5. The van der Waals surface area contributed by atoms with E-state index in [0.29, 0.717) is 22.5 Å². The highest BCUT2D eigenvalue weighted by molar-refractivity contribution is 5.78. The third-order valence-corrected chi connectivity index (χ3v) is 11.0. The van der Waals surface area contributed by atoms with Crippen molar-refractivity contribution in [3.05, 3.63) is 11.6 Å². The smallest absolute Gasteiger partial charge is 0.133 e. The molecule has 0 N–H and O–H groups in total. The van der Waals surface area contributed by atoms with E-state index in [1.54, 1.807) is 5.57 Å². The predicted octanol–water partition coefficient (Wildman–Crippen LogP) is 9.16. The molecule has 1 nitrogen and oxygen atoms in total. The van der Waals surface area contributed by atoms with Crippen molar-refractivity contribution in [2.45, 2.75) is 131 Å². The third kappa shape index (κ3) is 4.65. The second-order valence-electron chi connectivity index (χ2n) is 13.4. The highest BCUT2D eigenvalue weighted by Gasteiger charge is 2.58. The molecule has 7 unspecified atom stereocenters. The van der Waals surface area contributed by atoms with Crippen LogP contribution < -0.4 is 0 Å². The Labute approximate surface area is 199 Å². The molecule has 0 aromatic heterocycles. The molecule has 0 aromatic rings. The van der Waals surface area contributed by atoms with Gasteiger partial charge in [0.15, 0.2) is 0 Å². The van der Waals surface area contributed by atoms with Gasteiger partial charge in [0.25, 0.3) is 0 Å². The lowest BCUT2D eigenvalue weighted by Crippen LogP contribution is -2.50. The van der Waals surface area contributed by atoms with Gasteiger partial charge in [-0.2, -0.15) is 0 Å². The molecule has 3 saturated carbocycles. The number of rotatable bonds is 9. The van der Waals surface area contributed by atoms with Crippen LogP contribution in [0.15, 0.2) is 11.6 Å². The summed E-state index contributed by atoms with van der Waals surface area (Å²) in [7, 11) is 0. The van der Waals surface area contributed by atoms with Crippen LogP contribution in [0.4, 0.5) is 0 Å². The Bertz CT molecular complexity index is 689. The first-order chi connectivity index (χ1) is 15.3. The van der Waals surface area contributed by atoms with Gasteiger partial charge in [-0.25, -0.2) is 0 Å². The van der Waals surface area contributed by atoms with E-state index in [4.69, 9.17) is 0 Å². The van der Waals surface area contributed by atoms with E-state index in [0.717, 1.165) is 48.9 Å². The van der Waals surface area contributed by atoms with Crippen LogP contribution in [0.2, 0.25) is 0 Å². The second-order valence-corrected chi connectivity index (χ2v) is 13.4. The first-order valence-electron chi connectivity index (χ1n) is 14.5. The number of allylic oxidation sites excluding steroid dienone is 2. The molecule has 7 atom stereocenters.